The highest BCUT2D eigenvalue weighted by atomic mass is 35.5. The van der Waals surface area contributed by atoms with Crippen LogP contribution in [-0.2, 0) is 17.1 Å². The van der Waals surface area contributed by atoms with E-state index in [1.165, 1.54) is 21.1 Å². The van der Waals surface area contributed by atoms with E-state index >= 15 is 0 Å². The van der Waals surface area contributed by atoms with Crippen molar-refractivity contribution >= 4 is 28.3 Å². The Hall–Kier alpha value is -1.09. The molecule has 1 aliphatic heterocycles. The number of hydrogen-bond donors (Lipinski definition) is 2. The summed E-state index contributed by atoms with van der Waals surface area (Å²) in [6.07, 6.45) is 2.97. The Morgan fingerprint density at radius 3 is 2.60 bits per heavy atom. The Morgan fingerprint density at radius 2 is 2.10 bits per heavy atom. The smallest absolute Gasteiger partial charge is 0.265 e. The van der Waals surface area contributed by atoms with Crippen LogP contribution in [0.3, 0.4) is 0 Å². The van der Waals surface area contributed by atoms with E-state index in [1.807, 2.05) is 0 Å². The molecule has 1 aromatic heterocycles. The van der Waals surface area contributed by atoms with Gasteiger partial charge in [-0.25, -0.2) is 8.42 Å². The van der Waals surface area contributed by atoms with Gasteiger partial charge in [-0.3, -0.25) is 4.79 Å². The van der Waals surface area contributed by atoms with E-state index in [0.717, 1.165) is 12.8 Å². The second-order valence-corrected chi connectivity index (χ2v) is 6.74. The minimum Gasteiger partial charge on any atom is -0.364 e. The maximum absolute atomic E-state index is 12.4. The fourth-order valence-corrected chi connectivity index (χ4v) is 3.87. The standard InChI is InChI=1S/C11H18N4O3S.ClH/c1-14-7-9(5-10(14)11(13)16)19(17,18)15-4-2-3-8(12)6-15;/h5,7-8H,2-4,6,12H2,1H3,(H2,13,16);1H. The number of primary amides is 1. The number of piperidine rings is 1. The Kier molecular flexibility index (Phi) is 5.20. The van der Waals surface area contributed by atoms with Crippen LogP contribution in [-0.4, -0.2) is 42.3 Å². The van der Waals surface area contributed by atoms with Crippen molar-refractivity contribution < 1.29 is 13.2 Å². The molecule has 0 spiro atoms. The van der Waals surface area contributed by atoms with E-state index in [4.69, 9.17) is 11.5 Å². The van der Waals surface area contributed by atoms with Crippen LogP contribution in [0.15, 0.2) is 17.2 Å². The van der Waals surface area contributed by atoms with E-state index in [-0.39, 0.29) is 29.0 Å². The number of hydrogen-bond acceptors (Lipinski definition) is 4. The molecule has 0 aromatic carbocycles. The number of carbonyl (C=O) groups is 1. The average Bonchev–Trinajstić information content (AvgIpc) is 2.72. The summed E-state index contributed by atoms with van der Waals surface area (Å²) in [5, 5.41) is 0. The summed E-state index contributed by atoms with van der Waals surface area (Å²) in [5.74, 6) is -0.653. The van der Waals surface area contributed by atoms with Gasteiger partial charge in [0.1, 0.15) is 10.6 Å². The third-order valence-corrected chi connectivity index (χ3v) is 5.12. The summed E-state index contributed by atoms with van der Waals surface area (Å²) in [6.45, 7) is 0.764. The van der Waals surface area contributed by atoms with Crippen LogP contribution in [0.5, 0.6) is 0 Å². The van der Waals surface area contributed by atoms with Gasteiger partial charge in [0.25, 0.3) is 5.91 Å². The number of carbonyl (C=O) groups excluding carboxylic acids is 1. The molecule has 1 saturated heterocycles. The summed E-state index contributed by atoms with van der Waals surface area (Å²) in [5.41, 5.74) is 11.1. The van der Waals surface area contributed by atoms with E-state index in [1.54, 1.807) is 7.05 Å². The zero-order valence-electron chi connectivity index (χ0n) is 11.2. The minimum absolute atomic E-state index is 0. The van der Waals surface area contributed by atoms with Gasteiger partial charge in [0.05, 0.1) is 0 Å². The van der Waals surface area contributed by atoms with Crippen LogP contribution in [0.4, 0.5) is 0 Å². The number of halogens is 1. The Bertz CT molecular complexity index is 599. The van der Waals surface area contributed by atoms with Crippen molar-refractivity contribution in [1.82, 2.24) is 8.87 Å². The van der Waals surface area contributed by atoms with Gasteiger partial charge in [-0.15, -0.1) is 12.4 Å². The first kappa shape index (κ1) is 17.0. The largest absolute Gasteiger partial charge is 0.364 e. The van der Waals surface area contributed by atoms with Crippen molar-refractivity contribution in [3.05, 3.63) is 18.0 Å². The highest BCUT2D eigenvalue weighted by Gasteiger charge is 2.30. The molecule has 0 aliphatic carbocycles. The van der Waals surface area contributed by atoms with Crippen LogP contribution >= 0.6 is 12.4 Å². The third kappa shape index (κ3) is 3.14. The highest BCUT2D eigenvalue weighted by molar-refractivity contribution is 7.89. The molecule has 2 rings (SSSR count). The predicted molar refractivity (Wildman–Crippen MR) is 77.1 cm³/mol. The number of amides is 1. The number of rotatable bonds is 3. The van der Waals surface area contributed by atoms with Crippen molar-refractivity contribution in [2.75, 3.05) is 13.1 Å². The van der Waals surface area contributed by atoms with Gasteiger partial charge >= 0.3 is 0 Å². The quantitative estimate of drug-likeness (QED) is 0.792. The lowest BCUT2D eigenvalue weighted by molar-refractivity contribution is 0.0992. The molecule has 114 valence electrons. The topological polar surface area (TPSA) is 111 Å². The highest BCUT2D eigenvalue weighted by Crippen LogP contribution is 2.21. The fourth-order valence-electron chi connectivity index (χ4n) is 2.26. The number of aromatic nitrogens is 1. The number of sulfonamides is 1. The summed E-state index contributed by atoms with van der Waals surface area (Å²) >= 11 is 0. The number of nitrogens with two attached hydrogens (primary N) is 2. The van der Waals surface area contributed by atoms with E-state index < -0.39 is 15.9 Å². The molecule has 0 bridgehead atoms. The van der Waals surface area contributed by atoms with E-state index in [9.17, 15) is 13.2 Å². The molecule has 0 radical (unpaired) electrons. The lowest BCUT2D eigenvalue weighted by Gasteiger charge is -2.29. The summed E-state index contributed by atoms with van der Waals surface area (Å²) in [6, 6.07) is 1.17. The van der Waals surface area contributed by atoms with Crippen molar-refractivity contribution in [2.24, 2.45) is 18.5 Å². The second-order valence-electron chi connectivity index (χ2n) is 4.80. The van der Waals surface area contributed by atoms with Crippen molar-refractivity contribution in [3.63, 3.8) is 0 Å². The second kappa shape index (κ2) is 6.13. The van der Waals surface area contributed by atoms with Gasteiger partial charge < -0.3 is 16.0 Å². The van der Waals surface area contributed by atoms with Crippen LogP contribution < -0.4 is 11.5 Å². The first-order valence-corrected chi connectivity index (χ1v) is 7.48. The Labute approximate surface area is 124 Å². The molecule has 4 N–H and O–H groups in total. The zero-order valence-corrected chi connectivity index (χ0v) is 12.8. The van der Waals surface area contributed by atoms with Gasteiger partial charge in [-0.05, 0) is 18.9 Å². The van der Waals surface area contributed by atoms with E-state index in [0.29, 0.717) is 13.1 Å². The van der Waals surface area contributed by atoms with E-state index in [2.05, 4.69) is 0 Å². The molecule has 0 saturated carbocycles. The molecule has 20 heavy (non-hydrogen) atoms. The molecule has 9 heteroatoms. The van der Waals surface area contributed by atoms with Crippen LogP contribution in [0.1, 0.15) is 23.3 Å². The van der Waals surface area contributed by atoms with Gasteiger partial charge in [0.2, 0.25) is 10.0 Å². The Balaban J connectivity index is 0.00000200. The van der Waals surface area contributed by atoms with Gasteiger partial charge in [-0.1, -0.05) is 0 Å². The fraction of sp³-hybridized carbons (Fsp3) is 0.545. The molecule has 1 atom stereocenters. The predicted octanol–water partition coefficient (Wildman–Crippen LogP) is -0.342. The molecule has 2 heterocycles. The normalized spacial score (nSPS) is 20.4. The Morgan fingerprint density at radius 1 is 1.45 bits per heavy atom. The SMILES string of the molecule is Cl.Cn1cc(S(=O)(=O)N2CCCC(N)C2)cc1C(N)=O. The first-order valence-electron chi connectivity index (χ1n) is 6.04. The summed E-state index contributed by atoms with van der Waals surface area (Å²) in [7, 11) is -2.02. The maximum Gasteiger partial charge on any atom is 0.265 e. The van der Waals surface area contributed by atoms with Gasteiger partial charge in [0, 0.05) is 32.4 Å². The van der Waals surface area contributed by atoms with Crippen LogP contribution in [0.2, 0.25) is 0 Å². The van der Waals surface area contributed by atoms with Gasteiger partial charge in [0.15, 0.2) is 0 Å². The van der Waals surface area contributed by atoms with Crippen LogP contribution in [0, 0.1) is 0 Å². The summed E-state index contributed by atoms with van der Waals surface area (Å²) in [4.78, 5) is 11.2. The maximum atomic E-state index is 12.4. The molecule has 1 aromatic rings. The number of aryl methyl sites for hydroxylation is 1. The van der Waals surface area contributed by atoms with Crippen molar-refractivity contribution in [2.45, 2.75) is 23.8 Å². The lowest BCUT2D eigenvalue weighted by atomic mass is 10.1. The third-order valence-electron chi connectivity index (χ3n) is 3.29. The molecular weight excluding hydrogens is 304 g/mol. The molecule has 1 fully saturated rings. The molecule has 7 nitrogen and oxygen atoms in total. The number of nitrogens with zero attached hydrogens (tertiary/aromatic N) is 2. The average molecular weight is 323 g/mol. The van der Waals surface area contributed by atoms with Crippen molar-refractivity contribution in [1.29, 1.82) is 0 Å². The lowest BCUT2D eigenvalue weighted by Crippen LogP contribution is -2.45. The minimum atomic E-state index is -3.61. The van der Waals surface area contributed by atoms with Gasteiger partial charge in [-0.2, -0.15) is 4.31 Å². The molecule has 1 amide bonds. The molecular formula is C11H19ClN4O3S. The first-order chi connectivity index (χ1) is 8.82. The van der Waals surface area contributed by atoms with Crippen molar-refractivity contribution in [3.8, 4) is 0 Å². The summed E-state index contributed by atoms with van der Waals surface area (Å²) < 4.78 is 27.6. The van der Waals surface area contributed by atoms with Crippen LogP contribution in [0.25, 0.3) is 0 Å². The molecule has 1 unspecified atom stereocenters. The molecule has 1 aliphatic rings. The monoisotopic (exact) mass is 322 g/mol. The zero-order chi connectivity index (χ0) is 14.2.